The summed E-state index contributed by atoms with van der Waals surface area (Å²) in [5, 5.41) is 3.50. The quantitative estimate of drug-likeness (QED) is 0.882. The molecule has 0 aliphatic heterocycles. The maximum atomic E-state index is 13.2. The maximum Gasteiger partial charge on any atom is 0.248 e. The molecule has 0 aliphatic carbocycles. The molecule has 0 spiro atoms. The molecular formula is C19H23FN2O. The molecule has 3 N–H and O–H groups in total. The van der Waals surface area contributed by atoms with Crippen LogP contribution in [-0.4, -0.2) is 5.91 Å². The number of amides is 1. The van der Waals surface area contributed by atoms with E-state index in [0.717, 1.165) is 11.1 Å². The summed E-state index contributed by atoms with van der Waals surface area (Å²) in [7, 11) is 0. The van der Waals surface area contributed by atoms with Gasteiger partial charge in [0.2, 0.25) is 5.91 Å². The summed E-state index contributed by atoms with van der Waals surface area (Å²) in [6, 6.07) is 13.9. The second-order valence-corrected chi connectivity index (χ2v) is 6.80. The number of benzene rings is 2. The molecular weight excluding hydrogens is 291 g/mol. The lowest BCUT2D eigenvalue weighted by molar-refractivity contribution is 0.1000. The second kappa shape index (κ2) is 6.92. The van der Waals surface area contributed by atoms with Crippen LogP contribution in [0.1, 0.15) is 48.3 Å². The molecule has 2 aromatic rings. The minimum absolute atomic E-state index is 0.0425. The van der Waals surface area contributed by atoms with Crippen LogP contribution in [-0.2, 0) is 6.54 Å². The molecule has 23 heavy (non-hydrogen) atoms. The monoisotopic (exact) mass is 314 g/mol. The van der Waals surface area contributed by atoms with Gasteiger partial charge >= 0.3 is 0 Å². The minimum atomic E-state index is -0.433. The predicted molar refractivity (Wildman–Crippen MR) is 90.4 cm³/mol. The van der Waals surface area contributed by atoms with Gasteiger partial charge in [-0.25, -0.2) is 4.39 Å². The molecule has 1 unspecified atom stereocenters. The average molecular weight is 314 g/mol. The smallest absolute Gasteiger partial charge is 0.248 e. The summed E-state index contributed by atoms with van der Waals surface area (Å²) in [5.74, 6) is -0.673. The minimum Gasteiger partial charge on any atom is -0.366 e. The van der Waals surface area contributed by atoms with Gasteiger partial charge in [0.15, 0.2) is 0 Å². The zero-order valence-corrected chi connectivity index (χ0v) is 13.8. The number of nitrogens with two attached hydrogens (primary N) is 1. The van der Waals surface area contributed by atoms with Gasteiger partial charge in [-0.05, 0) is 40.8 Å². The lowest BCUT2D eigenvalue weighted by atomic mass is 9.82. The number of carbonyl (C=O) groups excluding carboxylic acids is 1. The number of primary amides is 1. The van der Waals surface area contributed by atoms with E-state index in [-0.39, 0.29) is 17.3 Å². The fourth-order valence-corrected chi connectivity index (χ4v) is 2.63. The van der Waals surface area contributed by atoms with E-state index in [2.05, 4.69) is 26.1 Å². The molecule has 0 saturated carbocycles. The Hall–Kier alpha value is -2.20. The molecule has 4 heteroatoms. The molecule has 0 aromatic heterocycles. The molecule has 3 nitrogen and oxygen atoms in total. The first-order chi connectivity index (χ1) is 10.8. The van der Waals surface area contributed by atoms with Gasteiger partial charge in [0.1, 0.15) is 5.82 Å². The van der Waals surface area contributed by atoms with E-state index in [0.29, 0.717) is 12.1 Å². The van der Waals surface area contributed by atoms with Crippen molar-refractivity contribution >= 4 is 5.91 Å². The van der Waals surface area contributed by atoms with Crippen LogP contribution in [0, 0.1) is 11.2 Å². The van der Waals surface area contributed by atoms with Crippen molar-refractivity contribution in [1.29, 1.82) is 0 Å². The van der Waals surface area contributed by atoms with Crippen molar-refractivity contribution in [2.75, 3.05) is 0 Å². The standard InChI is InChI=1S/C19H23FN2O/c1-19(2,3)17(14-7-9-16(20)10-8-14)22-12-13-5-4-6-15(11-13)18(21)23/h4-11,17,22H,12H2,1-3H3,(H2,21,23). The topological polar surface area (TPSA) is 55.1 Å². The fraction of sp³-hybridized carbons (Fsp3) is 0.316. The summed E-state index contributed by atoms with van der Waals surface area (Å²) in [6.45, 7) is 7.00. The van der Waals surface area contributed by atoms with Gasteiger partial charge in [-0.1, -0.05) is 45.0 Å². The van der Waals surface area contributed by atoms with Crippen LogP contribution in [0.3, 0.4) is 0 Å². The summed E-state index contributed by atoms with van der Waals surface area (Å²) in [6.07, 6.45) is 0. The Labute approximate surface area is 136 Å². The highest BCUT2D eigenvalue weighted by atomic mass is 19.1. The van der Waals surface area contributed by atoms with Gasteiger partial charge in [0.05, 0.1) is 0 Å². The molecule has 2 aromatic carbocycles. The van der Waals surface area contributed by atoms with E-state index in [9.17, 15) is 9.18 Å². The van der Waals surface area contributed by atoms with Crippen molar-refractivity contribution in [2.24, 2.45) is 11.1 Å². The van der Waals surface area contributed by atoms with Crippen molar-refractivity contribution in [3.63, 3.8) is 0 Å². The number of rotatable bonds is 5. The fourth-order valence-electron chi connectivity index (χ4n) is 2.63. The van der Waals surface area contributed by atoms with E-state index in [1.807, 2.05) is 12.1 Å². The number of nitrogens with one attached hydrogen (secondary N) is 1. The molecule has 122 valence electrons. The number of halogens is 1. The highest BCUT2D eigenvalue weighted by Gasteiger charge is 2.25. The zero-order chi connectivity index (χ0) is 17.0. The van der Waals surface area contributed by atoms with Gasteiger partial charge < -0.3 is 11.1 Å². The number of carbonyl (C=O) groups is 1. The van der Waals surface area contributed by atoms with Gasteiger partial charge in [-0.15, -0.1) is 0 Å². The largest absolute Gasteiger partial charge is 0.366 e. The van der Waals surface area contributed by atoms with Gasteiger partial charge in [0, 0.05) is 18.2 Å². The Morgan fingerprint density at radius 3 is 2.39 bits per heavy atom. The van der Waals surface area contributed by atoms with E-state index in [1.165, 1.54) is 12.1 Å². The molecule has 0 radical (unpaired) electrons. The highest BCUT2D eigenvalue weighted by Crippen LogP contribution is 2.33. The summed E-state index contributed by atoms with van der Waals surface area (Å²) in [4.78, 5) is 11.3. The van der Waals surface area contributed by atoms with Crippen LogP contribution < -0.4 is 11.1 Å². The van der Waals surface area contributed by atoms with Crippen LogP contribution in [0.25, 0.3) is 0 Å². The molecule has 0 fully saturated rings. The molecule has 1 amide bonds. The lowest BCUT2D eigenvalue weighted by Gasteiger charge is -2.32. The molecule has 0 heterocycles. The third-order valence-electron chi connectivity index (χ3n) is 3.79. The molecule has 0 aliphatic rings. The van der Waals surface area contributed by atoms with Crippen LogP contribution in [0.15, 0.2) is 48.5 Å². The van der Waals surface area contributed by atoms with Gasteiger partial charge in [-0.2, -0.15) is 0 Å². The summed E-state index contributed by atoms with van der Waals surface area (Å²) >= 11 is 0. The SMILES string of the molecule is CC(C)(C)C(NCc1cccc(C(N)=O)c1)c1ccc(F)cc1. The van der Waals surface area contributed by atoms with Crippen molar-refractivity contribution in [3.05, 3.63) is 71.0 Å². The third kappa shape index (κ3) is 4.63. The van der Waals surface area contributed by atoms with E-state index < -0.39 is 5.91 Å². The Morgan fingerprint density at radius 1 is 1.17 bits per heavy atom. The first-order valence-corrected chi connectivity index (χ1v) is 7.65. The van der Waals surface area contributed by atoms with Crippen molar-refractivity contribution in [2.45, 2.75) is 33.4 Å². The van der Waals surface area contributed by atoms with Crippen molar-refractivity contribution < 1.29 is 9.18 Å². The Balaban J connectivity index is 2.18. The first-order valence-electron chi connectivity index (χ1n) is 7.65. The first kappa shape index (κ1) is 17.2. The van der Waals surface area contributed by atoms with Crippen LogP contribution >= 0.6 is 0 Å². The lowest BCUT2D eigenvalue weighted by Crippen LogP contribution is -2.32. The van der Waals surface area contributed by atoms with Gasteiger partial charge in [0.25, 0.3) is 0 Å². The summed E-state index contributed by atoms with van der Waals surface area (Å²) in [5.41, 5.74) is 7.79. The Bertz CT molecular complexity index is 675. The molecule has 1 atom stereocenters. The molecule has 0 saturated heterocycles. The Morgan fingerprint density at radius 2 is 1.83 bits per heavy atom. The normalized spacial score (nSPS) is 12.9. The van der Waals surface area contributed by atoms with E-state index >= 15 is 0 Å². The average Bonchev–Trinajstić information content (AvgIpc) is 2.48. The van der Waals surface area contributed by atoms with Crippen LogP contribution in [0.5, 0.6) is 0 Å². The second-order valence-electron chi connectivity index (χ2n) is 6.80. The third-order valence-corrected chi connectivity index (χ3v) is 3.79. The molecule has 2 rings (SSSR count). The van der Waals surface area contributed by atoms with E-state index in [1.54, 1.807) is 24.3 Å². The maximum absolute atomic E-state index is 13.2. The predicted octanol–water partition coefficient (Wildman–Crippen LogP) is 3.80. The zero-order valence-electron chi connectivity index (χ0n) is 13.8. The van der Waals surface area contributed by atoms with Crippen molar-refractivity contribution in [1.82, 2.24) is 5.32 Å². The van der Waals surface area contributed by atoms with Crippen molar-refractivity contribution in [3.8, 4) is 0 Å². The Kier molecular flexibility index (Phi) is 5.16. The summed E-state index contributed by atoms with van der Waals surface area (Å²) < 4.78 is 13.2. The molecule has 0 bridgehead atoms. The van der Waals surface area contributed by atoms with Crippen LogP contribution in [0.4, 0.5) is 4.39 Å². The number of hydrogen-bond donors (Lipinski definition) is 2. The van der Waals surface area contributed by atoms with Crippen LogP contribution in [0.2, 0.25) is 0 Å². The highest BCUT2D eigenvalue weighted by molar-refractivity contribution is 5.92. The number of hydrogen-bond acceptors (Lipinski definition) is 2. The van der Waals surface area contributed by atoms with E-state index in [4.69, 9.17) is 5.73 Å². The van der Waals surface area contributed by atoms with Gasteiger partial charge in [-0.3, -0.25) is 4.79 Å².